The van der Waals surface area contributed by atoms with Crippen molar-refractivity contribution in [3.8, 4) is 0 Å². The molecule has 0 aliphatic rings. The fourth-order valence-electron chi connectivity index (χ4n) is 3.18. The van der Waals surface area contributed by atoms with E-state index in [4.69, 9.17) is 4.74 Å². The summed E-state index contributed by atoms with van der Waals surface area (Å²) in [5.74, 6) is -0.302. The molecule has 4 rings (SSSR count). The molecular formula is C22H21N3O3S. The Morgan fingerprint density at radius 2 is 1.83 bits per heavy atom. The highest BCUT2D eigenvalue weighted by atomic mass is 32.1. The number of ether oxygens (including phenoxy) is 1. The SMILES string of the molecule is CC(C)Cn1nc(C(=O)OCCc2nc3ccccc3s2)c2ccccc2c1=O. The average molecular weight is 407 g/mol. The Hall–Kier alpha value is -3.06. The minimum Gasteiger partial charge on any atom is -0.460 e. The number of esters is 1. The molecule has 0 radical (unpaired) electrons. The monoisotopic (exact) mass is 407 g/mol. The molecule has 0 bridgehead atoms. The van der Waals surface area contributed by atoms with E-state index >= 15 is 0 Å². The number of para-hydroxylation sites is 1. The number of carbonyl (C=O) groups excluding carboxylic acids is 1. The summed E-state index contributed by atoms with van der Waals surface area (Å²) in [7, 11) is 0. The van der Waals surface area contributed by atoms with Gasteiger partial charge in [-0.2, -0.15) is 5.10 Å². The number of thiazole rings is 1. The van der Waals surface area contributed by atoms with Crippen molar-refractivity contribution in [1.29, 1.82) is 0 Å². The highest BCUT2D eigenvalue weighted by molar-refractivity contribution is 7.18. The van der Waals surface area contributed by atoms with Gasteiger partial charge in [0, 0.05) is 18.4 Å². The zero-order chi connectivity index (χ0) is 20.4. The molecule has 0 N–H and O–H groups in total. The molecule has 2 aromatic heterocycles. The van der Waals surface area contributed by atoms with Crippen LogP contribution in [-0.2, 0) is 17.7 Å². The molecule has 148 valence electrons. The van der Waals surface area contributed by atoms with Crippen LogP contribution in [0.3, 0.4) is 0 Å². The fraction of sp³-hybridized carbons (Fsp3) is 0.273. The maximum absolute atomic E-state index is 12.8. The minimum absolute atomic E-state index is 0.171. The van der Waals surface area contributed by atoms with Crippen LogP contribution in [0.2, 0.25) is 0 Å². The Labute approximate surface area is 171 Å². The molecule has 0 atom stereocenters. The van der Waals surface area contributed by atoms with E-state index in [2.05, 4.69) is 10.1 Å². The van der Waals surface area contributed by atoms with Crippen LogP contribution in [0.4, 0.5) is 0 Å². The van der Waals surface area contributed by atoms with Crippen LogP contribution in [-0.4, -0.2) is 27.3 Å². The Bertz CT molecular complexity index is 1210. The van der Waals surface area contributed by atoms with Gasteiger partial charge in [-0.25, -0.2) is 14.5 Å². The van der Waals surface area contributed by atoms with Gasteiger partial charge in [0.2, 0.25) is 0 Å². The lowest BCUT2D eigenvalue weighted by molar-refractivity contribution is 0.0501. The first-order valence-corrected chi connectivity index (χ1v) is 10.4. The number of rotatable bonds is 6. The summed E-state index contributed by atoms with van der Waals surface area (Å²) in [4.78, 5) is 30.0. The van der Waals surface area contributed by atoms with E-state index in [1.165, 1.54) is 4.68 Å². The van der Waals surface area contributed by atoms with Crippen molar-refractivity contribution in [3.05, 3.63) is 69.6 Å². The number of nitrogens with zero attached hydrogens (tertiary/aromatic N) is 3. The summed E-state index contributed by atoms with van der Waals surface area (Å²) in [5.41, 5.74) is 0.928. The summed E-state index contributed by atoms with van der Waals surface area (Å²) >= 11 is 1.60. The summed E-state index contributed by atoms with van der Waals surface area (Å²) in [6, 6.07) is 14.9. The topological polar surface area (TPSA) is 74.1 Å². The Balaban J connectivity index is 1.55. The van der Waals surface area contributed by atoms with Crippen molar-refractivity contribution in [2.24, 2.45) is 5.92 Å². The molecule has 4 aromatic rings. The predicted molar refractivity (Wildman–Crippen MR) is 114 cm³/mol. The number of hydrogen-bond acceptors (Lipinski definition) is 6. The van der Waals surface area contributed by atoms with E-state index < -0.39 is 5.97 Å². The molecule has 7 heteroatoms. The number of carbonyl (C=O) groups is 1. The van der Waals surface area contributed by atoms with Crippen LogP contribution in [0, 0.1) is 5.92 Å². The van der Waals surface area contributed by atoms with Crippen LogP contribution in [0.5, 0.6) is 0 Å². The summed E-state index contributed by atoms with van der Waals surface area (Å²) in [5, 5.41) is 6.23. The van der Waals surface area contributed by atoms with E-state index in [-0.39, 0.29) is 23.8 Å². The van der Waals surface area contributed by atoms with Gasteiger partial charge in [0.15, 0.2) is 5.69 Å². The first-order valence-electron chi connectivity index (χ1n) is 9.54. The van der Waals surface area contributed by atoms with Crippen LogP contribution in [0.15, 0.2) is 53.3 Å². The Kier molecular flexibility index (Phi) is 5.40. The molecule has 0 unspecified atom stereocenters. The molecule has 0 aliphatic carbocycles. The second kappa shape index (κ2) is 8.13. The highest BCUT2D eigenvalue weighted by Crippen LogP contribution is 2.22. The molecule has 0 spiro atoms. The van der Waals surface area contributed by atoms with E-state index in [1.54, 1.807) is 35.6 Å². The number of fused-ring (bicyclic) bond motifs is 2. The maximum atomic E-state index is 12.8. The van der Waals surface area contributed by atoms with Crippen molar-refractivity contribution in [3.63, 3.8) is 0 Å². The molecule has 2 heterocycles. The predicted octanol–water partition coefficient (Wildman–Crippen LogP) is 4.06. The normalized spacial score (nSPS) is 11.4. The van der Waals surface area contributed by atoms with Crippen molar-refractivity contribution in [1.82, 2.24) is 14.8 Å². The molecule has 0 fully saturated rings. The molecule has 6 nitrogen and oxygen atoms in total. The van der Waals surface area contributed by atoms with Crippen LogP contribution < -0.4 is 5.56 Å². The van der Waals surface area contributed by atoms with Gasteiger partial charge in [-0.3, -0.25) is 4.79 Å². The standard InChI is InChI=1S/C22H21N3O3S/c1-14(2)13-25-21(26)16-8-4-3-7-15(16)20(24-25)22(27)28-12-11-19-23-17-9-5-6-10-18(17)29-19/h3-10,14H,11-13H2,1-2H3. The third-order valence-corrected chi connectivity index (χ3v) is 5.58. The quantitative estimate of drug-likeness (QED) is 0.451. The van der Waals surface area contributed by atoms with Crippen molar-refractivity contribution >= 4 is 38.3 Å². The van der Waals surface area contributed by atoms with Gasteiger partial charge in [0.25, 0.3) is 5.56 Å². The van der Waals surface area contributed by atoms with Gasteiger partial charge in [-0.15, -0.1) is 11.3 Å². The second-order valence-corrected chi connectivity index (χ2v) is 8.35. The molecule has 0 aliphatic heterocycles. The van der Waals surface area contributed by atoms with E-state index in [0.29, 0.717) is 23.7 Å². The summed E-state index contributed by atoms with van der Waals surface area (Å²) < 4.78 is 7.96. The first-order chi connectivity index (χ1) is 14.0. The fourth-order valence-corrected chi connectivity index (χ4v) is 4.13. The highest BCUT2D eigenvalue weighted by Gasteiger charge is 2.18. The zero-order valence-electron chi connectivity index (χ0n) is 16.3. The van der Waals surface area contributed by atoms with Gasteiger partial charge >= 0.3 is 5.97 Å². The maximum Gasteiger partial charge on any atom is 0.359 e. The largest absolute Gasteiger partial charge is 0.460 e. The Morgan fingerprint density at radius 1 is 1.10 bits per heavy atom. The van der Waals surface area contributed by atoms with Crippen molar-refractivity contribution in [2.75, 3.05) is 6.61 Å². The molecule has 0 saturated heterocycles. The minimum atomic E-state index is -0.528. The lowest BCUT2D eigenvalue weighted by Crippen LogP contribution is -2.28. The summed E-state index contributed by atoms with van der Waals surface area (Å²) in [6.07, 6.45) is 0.536. The second-order valence-electron chi connectivity index (χ2n) is 7.24. The van der Waals surface area contributed by atoms with Gasteiger partial charge in [0.05, 0.1) is 27.2 Å². The van der Waals surface area contributed by atoms with Crippen molar-refractivity contribution < 1.29 is 9.53 Å². The lowest BCUT2D eigenvalue weighted by atomic mass is 10.1. The third-order valence-electron chi connectivity index (χ3n) is 4.49. The van der Waals surface area contributed by atoms with Crippen LogP contribution >= 0.6 is 11.3 Å². The van der Waals surface area contributed by atoms with Gasteiger partial charge < -0.3 is 4.74 Å². The van der Waals surface area contributed by atoms with Gasteiger partial charge in [0.1, 0.15) is 0 Å². The molecule has 0 saturated carbocycles. The van der Waals surface area contributed by atoms with E-state index in [0.717, 1.165) is 15.2 Å². The lowest BCUT2D eigenvalue weighted by Gasteiger charge is -2.12. The Morgan fingerprint density at radius 3 is 2.59 bits per heavy atom. The van der Waals surface area contributed by atoms with Crippen LogP contribution in [0.25, 0.3) is 21.0 Å². The number of aromatic nitrogens is 3. The molecule has 0 amide bonds. The third kappa shape index (κ3) is 4.05. The average Bonchev–Trinajstić information content (AvgIpc) is 3.12. The van der Waals surface area contributed by atoms with Crippen LogP contribution in [0.1, 0.15) is 29.3 Å². The van der Waals surface area contributed by atoms with E-state index in [1.807, 2.05) is 38.1 Å². The first kappa shape index (κ1) is 19.3. The molecule has 2 aromatic carbocycles. The molecule has 29 heavy (non-hydrogen) atoms. The number of benzene rings is 2. The van der Waals surface area contributed by atoms with Gasteiger partial charge in [-0.1, -0.05) is 44.2 Å². The number of hydrogen-bond donors (Lipinski definition) is 0. The van der Waals surface area contributed by atoms with E-state index in [9.17, 15) is 9.59 Å². The van der Waals surface area contributed by atoms with Gasteiger partial charge in [-0.05, 0) is 24.1 Å². The molecular weight excluding hydrogens is 386 g/mol. The van der Waals surface area contributed by atoms with Crippen molar-refractivity contribution in [2.45, 2.75) is 26.8 Å². The zero-order valence-corrected chi connectivity index (χ0v) is 17.1. The smallest absolute Gasteiger partial charge is 0.359 e. The summed E-state index contributed by atoms with van der Waals surface area (Å²) in [6.45, 7) is 4.65.